The molecule has 5 nitrogen and oxygen atoms in total. The van der Waals surface area contributed by atoms with Gasteiger partial charge in [-0.3, -0.25) is 4.79 Å². The molecule has 4 rings (SSSR count). The molecule has 0 atom stereocenters. The van der Waals surface area contributed by atoms with Gasteiger partial charge in [-0.25, -0.2) is 4.98 Å². The first kappa shape index (κ1) is 25.4. The lowest BCUT2D eigenvalue weighted by molar-refractivity contribution is 0.302. The van der Waals surface area contributed by atoms with E-state index in [-0.39, 0.29) is 5.56 Å². The molecule has 0 aliphatic rings. The van der Waals surface area contributed by atoms with E-state index < -0.39 is 0 Å². The van der Waals surface area contributed by atoms with Gasteiger partial charge in [-0.15, -0.1) is 0 Å². The van der Waals surface area contributed by atoms with Gasteiger partial charge in [-0.2, -0.15) is 9.78 Å². The lowest BCUT2D eigenvalue weighted by atomic mass is 10.2. The van der Waals surface area contributed by atoms with Gasteiger partial charge in [0.15, 0.2) is 0 Å². The molecule has 0 saturated carbocycles. The molecule has 0 saturated heterocycles. The van der Waals surface area contributed by atoms with Gasteiger partial charge in [0.05, 0.1) is 36.1 Å². The van der Waals surface area contributed by atoms with Gasteiger partial charge in [0.1, 0.15) is 18.2 Å². The molecule has 0 aliphatic heterocycles. The quantitative estimate of drug-likeness (QED) is 0.193. The molecule has 4 aromatic rings. The normalized spacial score (nSPS) is 11.5. The van der Waals surface area contributed by atoms with Gasteiger partial charge in [0.25, 0.3) is 5.56 Å². The van der Waals surface area contributed by atoms with Crippen LogP contribution in [0.15, 0.2) is 71.8 Å². The predicted octanol–water partition coefficient (Wildman–Crippen LogP) is 8.01. The van der Waals surface area contributed by atoms with Crippen LogP contribution < -0.4 is 10.3 Å². The van der Waals surface area contributed by atoms with Crippen LogP contribution in [0.5, 0.6) is 5.75 Å². The first-order valence-corrected chi connectivity index (χ1v) is 13.2. The zero-order chi connectivity index (χ0) is 24.4. The van der Waals surface area contributed by atoms with Crippen molar-refractivity contribution in [2.75, 3.05) is 0 Å². The summed E-state index contributed by atoms with van der Waals surface area (Å²) in [5.74, 6) is 1.21. The third kappa shape index (κ3) is 5.57. The highest BCUT2D eigenvalue weighted by Gasteiger charge is 2.12. The molecule has 1 aromatic heterocycles. The maximum Gasteiger partial charge on any atom is 0.282 e. The lowest BCUT2D eigenvalue weighted by Gasteiger charge is -2.12. The van der Waals surface area contributed by atoms with Crippen LogP contribution in [0.1, 0.15) is 23.9 Å². The maximum atomic E-state index is 13.1. The Morgan fingerprint density at radius 1 is 1.03 bits per heavy atom. The standard InChI is InChI=1S/C24H16Br3Cl2N3O2/c1-2-22-31-21-6-4-15(25)10-16(21)24(33)32(22)30-11-14-7-17(26)23(18(27)8-14)34-12-13-3-5-19(28)20(29)9-13/h3-11H,2,12H2,1H3. The van der Waals surface area contributed by atoms with Crippen LogP contribution >= 0.6 is 71.0 Å². The monoisotopic (exact) mass is 685 g/mol. The average molecular weight is 689 g/mol. The Hall–Kier alpha value is -1.71. The SMILES string of the molecule is CCc1nc2ccc(Br)cc2c(=O)n1N=Cc1cc(Br)c(OCc2ccc(Cl)c(Cl)c2)c(Br)c1. The highest BCUT2D eigenvalue weighted by molar-refractivity contribution is 9.11. The van der Waals surface area contributed by atoms with Crippen molar-refractivity contribution >= 4 is 88.1 Å². The molecule has 1 heterocycles. The Labute approximate surface area is 231 Å². The van der Waals surface area contributed by atoms with Crippen LogP contribution in [0.4, 0.5) is 0 Å². The fourth-order valence-corrected chi connectivity index (χ4v) is 5.38. The van der Waals surface area contributed by atoms with E-state index in [4.69, 9.17) is 27.9 Å². The van der Waals surface area contributed by atoms with Crippen molar-refractivity contribution < 1.29 is 4.74 Å². The number of aryl methyl sites for hydroxylation is 1. The molecule has 0 aliphatic carbocycles. The second kappa shape index (κ2) is 10.9. The summed E-state index contributed by atoms with van der Waals surface area (Å²) >= 11 is 22.6. The minimum Gasteiger partial charge on any atom is -0.487 e. The molecule has 0 N–H and O–H groups in total. The van der Waals surface area contributed by atoms with Gasteiger partial charge in [-0.1, -0.05) is 52.1 Å². The summed E-state index contributed by atoms with van der Waals surface area (Å²) < 4.78 is 9.58. The van der Waals surface area contributed by atoms with Crippen molar-refractivity contribution in [2.45, 2.75) is 20.0 Å². The molecule has 0 bridgehead atoms. The summed E-state index contributed by atoms with van der Waals surface area (Å²) in [7, 11) is 0. The van der Waals surface area contributed by atoms with Crippen LogP contribution in [0.2, 0.25) is 10.0 Å². The summed E-state index contributed by atoms with van der Waals surface area (Å²) in [5.41, 5.74) is 2.08. The highest BCUT2D eigenvalue weighted by Crippen LogP contribution is 2.35. The van der Waals surface area contributed by atoms with Crippen molar-refractivity contribution in [2.24, 2.45) is 5.10 Å². The number of rotatable bonds is 6. The minimum atomic E-state index is -0.223. The van der Waals surface area contributed by atoms with Crippen molar-refractivity contribution in [3.8, 4) is 5.75 Å². The summed E-state index contributed by atoms with van der Waals surface area (Å²) in [5, 5.41) is 5.91. The predicted molar refractivity (Wildman–Crippen MR) is 149 cm³/mol. The number of nitrogens with zero attached hydrogens (tertiary/aromatic N) is 3. The minimum absolute atomic E-state index is 0.223. The van der Waals surface area contributed by atoms with Crippen LogP contribution in [-0.2, 0) is 13.0 Å². The molecule has 10 heteroatoms. The van der Waals surface area contributed by atoms with E-state index >= 15 is 0 Å². The zero-order valence-electron chi connectivity index (χ0n) is 17.7. The van der Waals surface area contributed by atoms with Crippen molar-refractivity contribution in [3.63, 3.8) is 0 Å². The zero-order valence-corrected chi connectivity index (χ0v) is 23.9. The molecule has 0 fully saturated rings. The van der Waals surface area contributed by atoms with E-state index in [1.54, 1.807) is 24.4 Å². The Morgan fingerprint density at radius 2 is 1.76 bits per heavy atom. The largest absolute Gasteiger partial charge is 0.487 e. The summed E-state index contributed by atoms with van der Waals surface area (Å²) in [6, 6.07) is 14.5. The van der Waals surface area contributed by atoms with Gasteiger partial charge >= 0.3 is 0 Å². The smallest absolute Gasteiger partial charge is 0.282 e. The van der Waals surface area contributed by atoms with Crippen molar-refractivity contribution in [3.05, 3.63) is 99.3 Å². The number of hydrogen-bond donors (Lipinski definition) is 0. The topological polar surface area (TPSA) is 56.5 Å². The molecular weight excluding hydrogens is 673 g/mol. The molecule has 0 radical (unpaired) electrons. The third-order valence-corrected chi connectivity index (χ3v) is 7.31. The molecular formula is C24H16Br3Cl2N3O2. The van der Waals surface area contributed by atoms with E-state index in [0.29, 0.717) is 45.5 Å². The average Bonchev–Trinajstić information content (AvgIpc) is 2.80. The first-order valence-electron chi connectivity index (χ1n) is 10.1. The van der Waals surface area contributed by atoms with Crippen LogP contribution in [0.3, 0.4) is 0 Å². The Bertz CT molecular complexity index is 1470. The lowest BCUT2D eigenvalue weighted by Crippen LogP contribution is -2.22. The van der Waals surface area contributed by atoms with Crippen LogP contribution in [0.25, 0.3) is 10.9 Å². The van der Waals surface area contributed by atoms with Crippen LogP contribution in [0, 0.1) is 0 Å². The van der Waals surface area contributed by atoms with E-state index in [2.05, 4.69) is 57.9 Å². The molecule has 3 aromatic carbocycles. The maximum absolute atomic E-state index is 13.1. The fourth-order valence-electron chi connectivity index (χ4n) is 3.24. The summed E-state index contributed by atoms with van der Waals surface area (Å²) in [4.78, 5) is 17.7. The van der Waals surface area contributed by atoms with E-state index in [0.717, 1.165) is 24.5 Å². The van der Waals surface area contributed by atoms with Gasteiger partial charge < -0.3 is 4.74 Å². The molecule has 34 heavy (non-hydrogen) atoms. The number of aromatic nitrogens is 2. The second-order valence-corrected chi connectivity index (χ2v) is 10.7. The number of benzene rings is 3. The molecule has 0 unspecified atom stereocenters. The molecule has 174 valence electrons. The number of fused-ring (bicyclic) bond motifs is 1. The van der Waals surface area contributed by atoms with Gasteiger partial charge in [-0.05, 0) is 85.5 Å². The third-order valence-electron chi connectivity index (χ3n) is 4.90. The number of ether oxygens (including phenoxy) is 1. The second-order valence-electron chi connectivity index (χ2n) is 7.26. The number of halogens is 5. The van der Waals surface area contributed by atoms with Gasteiger partial charge in [0.2, 0.25) is 0 Å². The van der Waals surface area contributed by atoms with Crippen molar-refractivity contribution in [1.82, 2.24) is 9.66 Å². The first-order chi connectivity index (χ1) is 16.3. The Kier molecular flexibility index (Phi) is 8.15. The number of hydrogen-bond acceptors (Lipinski definition) is 4. The van der Waals surface area contributed by atoms with E-state index in [1.165, 1.54) is 4.68 Å². The highest BCUT2D eigenvalue weighted by atomic mass is 79.9. The van der Waals surface area contributed by atoms with Crippen molar-refractivity contribution in [1.29, 1.82) is 0 Å². The van der Waals surface area contributed by atoms with E-state index in [9.17, 15) is 4.79 Å². The van der Waals surface area contributed by atoms with Gasteiger partial charge in [0, 0.05) is 10.9 Å². The molecule has 0 spiro atoms. The fraction of sp³-hybridized carbons (Fsp3) is 0.125. The Morgan fingerprint density at radius 3 is 2.44 bits per heavy atom. The van der Waals surface area contributed by atoms with Crippen LogP contribution in [-0.4, -0.2) is 15.9 Å². The summed E-state index contributed by atoms with van der Waals surface area (Å²) in [6.45, 7) is 2.25. The summed E-state index contributed by atoms with van der Waals surface area (Å²) in [6.07, 6.45) is 2.18. The Balaban J connectivity index is 1.62. The van der Waals surface area contributed by atoms with E-state index in [1.807, 2.05) is 37.3 Å². The molecule has 0 amide bonds.